The van der Waals surface area contributed by atoms with Crippen molar-refractivity contribution in [2.45, 2.75) is 61.3 Å². The number of benzene rings is 3. The zero-order valence-corrected chi connectivity index (χ0v) is 26.8. The molecule has 1 saturated carbocycles. The van der Waals surface area contributed by atoms with Crippen molar-refractivity contribution in [3.63, 3.8) is 0 Å². The van der Waals surface area contributed by atoms with Crippen LogP contribution >= 0.6 is 23.4 Å². The molecule has 1 heterocycles. The summed E-state index contributed by atoms with van der Waals surface area (Å²) in [5, 5.41) is 7.83. The molecule has 1 atom stereocenters. The lowest BCUT2D eigenvalue weighted by Crippen LogP contribution is -2.44. The van der Waals surface area contributed by atoms with Gasteiger partial charge in [-0.2, -0.15) is 4.98 Å². The number of para-hydroxylation sites is 1. The van der Waals surface area contributed by atoms with Crippen LogP contribution in [0.5, 0.6) is 5.75 Å². The number of ether oxygens (including phenoxy) is 1. The maximum absolute atomic E-state index is 13.6. The highest BCUT2D eigenvalue weighted by Crippen LogP contribution is 2.30. The summed E-state index contributed by atoms with van der Waals surface area (Å²) in [5.74, 6) is 1.99. The number of carbonyl (C=O) groups is 2. The van der Waals surface area contributed by atoms with Crippen molar-refractivity contribution in [1.82, 2.24) is 15.3 Å². The van der Waals surface area contributed by atoms with Crippen LogP contribution in [-0.2, 0) is 4.79 Å². The lowest BCUT2D eigenvalue weighted by Gasteiger charge is -2.31. The Labute approximate surface area is 267 Å². The largest absolute Gasteiger partial charge is 0.494 e. The number of nitrogens with zero attached hydrogens (tertiary/aromatic N) is 3. The smallest absolute Gasteiger partial charge is 0.234 e. The van der Waals surface area contributed by atoms with Crippen LogP contribution < -0.4 is 20.3 Å². The molecule has 5 rings (SSSR count). The molecule has 4 aromatic rings. The third kappa shape index (κ3) is 8.21. The van der Waals surface area contributed by atoms with Crippen molar-refractivity contribution in [2.24, 2.45) is 0 Å². The first-order valence-electron chi connectivity index (χ1n) is 15.0. The highest BCUT2D eigenvalue weighted by atomic mass is 35.5. The zero-order chi connectivity index (χ0) is 31.1. The summed E-state index contributed by atoms with van der Waals surface area (Å²) >= 11 is 7.47. The summed E-state index contributed by atoms with van der Waals surface area (Å²) in [4.78, 5) is 39.3. The van der Waals surface area contributed by atoms with E-state index >= 15 is 0 Å². The number of ketones is 1. The quantitative estimate of drug-likeness (QED) is 0.127. The molecule has 1 fully saturated rings. The Bertz CT molecular complexity index is 1570. The van der Waals surface area contributed by atoms with E-state index in [2.05, 4.69) is 10.6 Å². The van der Waals surface area contributed by atoms with Crippen LogP contribution in [0.4, 0.5) is 11.8 Å². The Hall–Kier alpha value is -3.82. The van der Waals surface area contributed by atoms with Gasteiger partial charge in [0.25, 0.3) is 0 Å². The Morgan fingerprint density at radius 1 is 0.955 bits per heavy atom. The van der Waals surface area contributed by atoms with Crippen molar-refractivity contribution in [3.8, 4) is 5.75 Å². The SMILES string of the molecule is CCOc1ccc(C(=O)CC(Sc2ccc(Cl)cc2)C(=O)N[C@H]2CC[C@@H](Nc3nc(N(C)C)c4ccccc4n3)CC2)cc1. The molecule has 2 N–H and O–H groups in total. The predicted octanol–water partition coefficient (Wildman–Crippen LogP) is 7.02. The van der Waals surface area contributed by atoms with Gasteiger partial charge in [-0.05, 0) is 93.3 Å². The lowest BCUT2D eigenvalue weighted by molar-refractivity contribution is -0.121. The topological polar surface area (TPSA) is 96.5 Å². The molecule has 1 amide bonds. The highest BCUT2D eigenvalue weighted by Gasteiger charge is 2.29. The standard InChI is InChI=1S/C34H38ClN5O3S/c1-4-43-26-17-9-22(10-18-26)30(41)21-31(44-27-19-11-23(35)12-20-27)33(42)36-24-13-15-25(16-14-24)37-34-38-29-8-6-5-7-28(29)32(39-34)40(2)3/h5-12,17-20,24-25,31H,4,13-16,21H2,1-3H3,(H,36,42)(H,37,38,39)/t24-,25+,31?. The molecule has 1 aliphatic rings. The summed E-state index contributed by atoms with van der Waals surface area (Å²) in [6.45, 7) is 2.47. The number of anilines is 2. The number of Topliss-reactive ketones (excluding diaryl/α,β-unsaturated/α-hetero) is 1. The van der Waals surface area contributed by atoms with E-state index < -0.39 is 5.25 Å². The van der Waals surface area contributed by atoms with Gasteiger partial charge in [0.2, 0.25) is 11.9 Å². The van der Waals surface area contributed by atoms with Crippen LogP contribution in [0.25, 0.3) is 10.9 Å². The number of hydrogen-bond donors (Lipinski definition) is 2. The molecule has 44 heavy (non-hydrogen) atoms. The summed E-state index contributed by atoms with van der Waals surface area (Å²) in [6.07, 6.45) is 3.47. The van der Waals surface area contributed by atoms with Gasteiger partial charge in [0.1, 0.15) is 11.6 Å². The molecule has 1 unspecified atom stereocenters. The van der Waals surface area contributed by atoms with Crippen molar-refractivity contribution >= 4 is 57.7 Å². The number of thioether (sulfide) groups is 1. The maximum Gasteiger partial charge on any atom is 0.234 e. The second kappa shape index (κ2) is 14.8. The van der Waals surface area contributed by atoms with Gasteiger partial charge in [-0.15, -0.1) is 11.8 Å². The fourth-order valence-electron chi connectivity index (χ4n) is 5.38. The number of fused-ring (bicyclic) bond motifs is 1. The van der Waals surface area contributed by atoms with Crippen LogP contribution in [0.15, 0.2) is 77.7 Å². The van der Waals surface area contributed by atoms with Gasteiger partial charge in [0.15, 0.2) is 5.78 Å². The molecule has 0 radical (unpaired) electrons. The molecular formula is C34H38ClN5O3S. The molecule has 230 valence electrons. The van der Waals surface area contributed by atoms with E-state index in [9.17, 15) is 9.59 Å². The van der Waals surface area contributed by atoms with Gasteiger partial charge >= 0.3 is 0 Å². The molecule has 1 aromatic heterocycles. The molecule has 0 bridgehead atoms. The number of hydrogen-bond acceptors (Lipinski definition) is 8. The third-order valence-corrected chi connectivity index (χ3v) is 9.12. The van der Waals surface area contributed by atoms with Crippen LogP contribution in [0, 0.1) is 0 Å². The Morgan fingerprint density at radius 3 is 2.32 bits per heavy atom. The van der Waals surface area contributed by atoms with Crippen molar-refractivity contribution in [1.29, 1.82) is 0 Å². The monoisotopic (exact) mass is 631 g/mol. The van der Waals surface area contributed by atoms with Crippen molar-refractivity contribution in [2.75, 3.05) is 30.9 Å². The Morgan fingerprint density at radius 2 is 1.64 bits per heavy atom. The second-order valence-corrected chi connectivity index (χ2v) is 12.8. The van der Waals surface area contributed by atoms with Crippen LogP contribution in [0.2, 0.25) is 5.02 Å². The Kier molecular flexibility index (Phi) is 10.6. The molecule has 0 aliphatic heterocycles. The molecule has 0 spiro atoms. The molecular weight excluding hydrogens is 594 g/mol. The van der Waals surface area contributed by atoms with Crippen LogP contribution in [0.1, 0.15) is 49.4 Å². The van der Waals surface area contributed by atoms with Gasteiger partial charge in [0.05, 0.1) is 17.4 Å². The van der Waals surface area contributed by atoms with Gasteiger partial charge in [0, 0.05) is 53.5 Å². The second-order valence-electron chi connectivity index (χ2n) is 11.1. The van der Waals surface area contributed by atoms with E-state index in [4.69, 9.17) is 26.3 Å². The first-order chi connectivity index (χ1) is 21.3. The Balaban J connectivity index is 1.21. The summed E-state index contributed by atoms with van der Waals surface area (Å²) in [7, 11) is 3.97. The fourth-order valence-corrected chi connectivity index (χ4v) is 6.54. The number of halogens is 1. The molecule has 0 saturated heterocycles. The zero-order valence-electron chi connectivity index (χ0n) is 25.3. The first kappa shape index (κ1) is 31.6. The van der Waals surface area contributed by atoms with E-state index in [1.807, 2.05) is 62.3 Å². The van der Waals surface area contributed by atoms with E-state index in [1.54, 1.807) is 36.4 Å². The van der Waals surface area contributed by atoms with Crippen molar-refractivity contribution in [3.05, 3.63) is 83.4 Å². The number of amides is 1. The van der Waals surface area contributed by atoms with Gasteiger partial charge in [-0.25, -0.2) is 4.98 Å². The minimum absolute atomic E-state index is 0.0318. The fraction of sp³-hybridized carbons (Fsp3) is 0.353. The minimum atomic E-state index is -0.582. The summed E-state index contributed by atoms with van der Waals surface area (Å²) in [5.41, 5.74) is 1.46. The van der Waals surface area contributed by atoms with E-state index in [0.29, 0.717) is 28.9 Å². The van der Waals surface area contributed by atoms with Gasteiger partial charge in [-0.1, -0.05) is 23.7 Å². The van der Waals surface area contributed by atoms with Crippen molar-refractivity contribution < 1.29 is 14.3 Å². The average molecular weight is 632 g/mol. The summed E-state index contributed by atoms with van der Waals surface area (Å²) < 4.78 is 5.50. The number of carbonyl (C=O) groups excluding carboxylic acids is 2. The average Bonchev–Trinajstić information content (AvgIpc) is 3.02. The normalized spacial score (nSPS) is 17.1. The summed E-state index contributed by atoms with van der Waals surface area (Å²) in [6, 6.07) is 22.7. The van der Waals surface area contributed by atoms with E-state index in [0.717, 1.165) is 47.3 Å². The van der Waals surface area contributed by atoms with Crippen LogP contribution in [0.3, 0.4) is 0 Å². The predicted molar refractivity (Wildman–Crippen MR) is 179 cm³/mol. The van der Waals surface area contributed by atoms with Gasteiger partial charge in [-0.3, -0.25) is 9.59 Å². The van der Waals surface area contributed by atoms with E-state index in [-0.39, 0.29) is 30.2 Å². The third-order valence-electron chi connectivity index (χ3n) is 7.66. The first-order valence-corrected chi connectivity index (χ1v) is 16.2. The minimum Gasteiger partial charge on any atom is -0.494 e. The van der Waals surface area contributed by atoms with Gasteiger partial charge < -0.3 is 20.3 Å². The number of rotatable bonds is 12. The maximum atomic E-state index is 13.6. The van der Waals surface area contributed by atoms with E-state index in [1.165, 1.54) is 11.8 Å². The molecule has 1 aliphatic carbocycles. The lowest BCUT2D eigenvalue weighted by atomic mass is 9.91. The molecule has 8 nitrogen and oxygen atoms in total. The van der Waals surface area contributed by atoms with Crippen LogP contribution in [-0.4, -0.2) is 59.7 Å². The molecule has 3 aromatic carbocycles. The molecule has 10 heteroatoms. The number of aromatic nitrogens is 2. The highest BCUT2D eigenvalue weighted by molar-refractivity contribution is 8.00. The number of nitrogens with one attached hydrogen (secondary N) is 2.